The third-order valence-corrected chi connectivity index (χ3v) is 3.85. The molecule has 0 bridgehead atoms. The Kier molecular flexibility index (Phi) is 4.61. The van der Waals surface area contributed by atoms with Crippen molar-refractivity contribution in [2.24, 2.45) is 5.92 Å². The summed E-state index contributed by atoms with van der Waals surface area (Å²) in [6.07, 6.45) is 2.42. The molecule has 0 radical (unpaired) electrons. The maximum absolute atomic E-state index is 9.88. The molecule has 2 unspecified atom stereocenters. The number of para-hydroxylation sites is 1. The minimum absolute atomic E-state index is 0.230. The molecule has 1 aromatic rings. The van der Waals surface area contributed by atoms with Gasteiger partial charge in [-0.1, -0.05) is 18.2 Å². The van der Waals surface area contributed by atoms with Gasteiger partial charge >= 0.3 is 0 Å². The van der Waals surface area contributed by atoms with Crippen molar-refractivity contribution in [1.82, 2.24) is 4.90 Å². The summed E-state index contributed by atoms with van der Waals surface area (Å²) in [6.45, 7) is 4.95. The average Bonchev–Trinajstić information content (AvgIpc) is 2.39. The molecule has 3 heteroatoms. The molecule has 1 saturated heterocycles. The summed E-state index contributed by atoms with van der Waals surface area (Å²) in [4.78, 5) is 2.30. The van der Waals surface area contributed by atoms with Crippen LogP contribution in [0.25, 0.3) is 0 Å². The minimum atomic E-state index is 0.230. The lowest BCUT2D eigenvalue weighted by Crippen LogP contribution is -2.32. The summed E-state index contributed by atoms with van der Waals surface area (Å²) in [6, 6.07) is 7.81. The van der Waals surface area contributed by atoms with Gasteiger partial charge in [-0.3, -0.25) is 4.90 Å². The van der Waals surface area contributed by atoms with Crippen LogP contribution in [-0.2, 0) is 4.74 Å². The van der Waals surface area contributed by atoms with Crippen LogP contribution >= 0.6 is 0 Å². The van der Waals surface area contributed by atoms with Crippen LogP contribution in [0.3, 0.4) is 0 Å². The Morgan fingerprint density at radius 1 is 1.44 bits per heavy atom. The lowest BCUT2D eigenvalue weighted by Gasteiger charge is -2.31. The Morgan fingerprint density at radius 2 is 2.22 bits per heavy atom. The van der Waals surface area contributed by atoms with Crippen molar-refractivity contribution < 1.29 is 9.84 Å². The molecule has 1 aromatic carbocycles. The van der Waals surface area contributed by atoms with E-state index < -0.39 is 0 Å². The molecule has 1 N–H and O–H groups in total. The molecule has 1 heterocycles. The smallest absolute Gasteiger partial charge is 0.120 e. The Bertz CT molecular complexity index is 375. The van der Waals surface area contributed by atoms with E-state index in [0.29, 0.717) is 11.7 Å². The summed E-state index contributed by atoms with van der Waals surface area (Å²) >= 11 is 0. The molecule has 2 rings (SSSR count). The third kappa shape index (κ3) is 3.24. The fourth-order valence-corrected chi connectivity index (χ4v) is 2.60. The maximum atomic E-state index is 9.88. The molecule has 18 heavy (non-hydrogen) atoms. The molecule has 0 aromatic heterocycles. The first kappa shape index (κ1) is 13.4. The number of benzene rings is 1. The van der Waals surface area contributed by atoms with E-state index in [9.17, 15) is 5.11 Å². The van der Waals surface area contributed by atoms with Gasteiger partial charge in [0.1, 0.15) is 5.75 Å². The van der Waals surface area contributed by atoms with Gasteiger partial charge in [0.25, 0.3) is 0 Å². The van der Waals surface area contributed by atoms with Crippen molar-refractivity contribution >= 4 is 0 Å². The fourth-order valence-electron chi connectivity index (χ4n) is 2.60. The molecule has 0 saturated carbocycles. The van der Waals surface area contributed by atoms with Crippen LogP contribution in [0.5, 0.6) is 5.75 Å². The molecule has 0 spiro atoms. The first-order valence-electron chi connectivity index (χ1n) is 6.74. The van der Waals surface area contributed by atoms with Gasteiger partial charge in [-0.15, -0.1) is 0 Å². The van der Waals surface area contributed by atoms with Gasteiger partial charge in [0.15, 0.2) is 0 Å². The zero-order valence-electron chi connectivity index (χ0n) is 11.3. The average molecular weight is 249 g/mol. The van der Waals surface area contributed by atoms with Gasteiger partial charge in [0.05, 0.1) is 6.61 Å². The normalized spacial score (nSPS) is 22.1. The van der Waals surface area contributed by atoms with Crippen molar-refractivity contribution in [2.45, 2.75) is 25.8 Å². The standard InChI is InChI=1S/C15H23NO2/c1-12(14-7-3-4-8-15(14)17)16(2)10-13-6-5-9-18-11-13/h3-4,7-8,12-13,17H,5-6,9-11H2,1-2H3. The summed E-state index contributed by atoms with van der Waals surface area (Å²) in [5.41, 5.74) is 0.997. The van der Waals surface area contributed by atoms with Gasteiger partial charge in [-0.05, 0) is 38.8 Å². The largest absolute Gasteiger partial charge is 0.508 e. The zero-order valence-corrected chi connectivity index (χ0v) is 11.3. The molecule has 100 valence electrons. The van der Waals surface area contributed by atoms with Crippen molar-refractivity contribution in [3.63, 3.8) is 0 Å². The Balaban J connectivity index is 1.95. The second-order valence-electron chi connectivity index (χ2n) is 5.26. The molecule has 1 aliphatic rings. The Hall–Kier alpha value is -1.06. The third-order valence-electron chi connectivity index (χ3n) is 3.85. The first-order valence-corrected chi connectivity index (χ1v) is 6.74. The number of nitrogens with zero attached hydrogens (tertiary/aromatic N) is 1. The molecule has 0 amide bonds. The van der Waals surface area contributed by atoms with E-state index in [4.69, 9.17) is 4.74 Å². The lowest BCUT2D eigenvalue weighted by atomic mass is 9.99. The summed E-state index contributed by atoms with van der Waals surface area (Å²) in [7, 11) is 2.12. The lowest BCUT2D eigenvalue weighted by molar-refractivity contribution is 0.0370. The predicted molar refractivity (Wildman–Crippen MR) is 72.7 cm³/mol. The Labute approximate surface area is 109 Å². The quantitative estimate of drug-likeness (QED) is 0.890. The topological polar surface area (TPSA) is 32.7 Å². The van der Waals surface area contributed by atoms with Crippen LogP contribution < -0.4 is 0 Å². The second-order valence-corrected chi connectivity index (χ2v) is 5.26. The van der Waals surface area contributed by atoms with Crippen LogP contribution in [-0.4, -0.2) is 36.8 Å². The number of phenolic OH excluding ortho intramolecular Hbond substituents is 1. The molecule has 0 aliphatic carbocycles. The van der Waals surface area contributed by atoms with E-state index in [2.05, 4.69) is 18.9 Å². The van der Waals surface area contributed by atoms with E-state index in [-0.39, 0.29) is 6.04 Å². The van der Waals surface area contributed by atoms with Crippen LogP contribution in [0.1, 0.15) is 31.4 Å². The molecule has 2 atom stereocenters. The predicted octanol–water partition coefficient (Wildman–Crippen LogP) is 2.81. The van der Waals surface area contributed by atoms with Gasteiger partial charge in [-0.2, -0.15) is 0 Å². The van der Waals surface area contributed by atoms with E-state index in [0.717, 1.165) is 25.3 Å². The van der Waals surface area contributed by atoms with E-state index >= 15 is 0 Å². The van der Waals surface area contributed by atoms with Gasteiger partial charge in [0.2, 0.25) is 0 Å². The van der Waals surface area contributed by atoms with Gasteiger partial charge < -0.3 is 9.84 Å². The monoisotopic (exact) mass is 249 g/mol. The minimum Gasteiger partial charge on any atom is -0.508 e. The highest BCUT2D eigenvalue weighted by Crippen LogP contribution is 2.28. The van der Waals surface area contributed by atoms with E-state index in [1.807, 2.05) is 18.2 Å². The van der Waals surface area contributed by atoms with E-state index in [1.165, 1.54) is 12.8 Å². The first-order chi connectivity index (χ1) is 8.68. The summed E-state index contributed by atoms with van der Waals surface area (Å²) in [5.74, 6) is 1.01. The number of phenols is 1. The molecule has 3 nitrogen and oxygen atoms in total. The second kappa shape index (κ2) is 6.21. The number of hydrogen-bond donors (Lipinski definition) is 1. The zero-order chi connectivity index (χ0) is 13.0. The molecule has 1 aliphatic heterocycles. The molecule has 1 fully saturated rings. The van der Waals surface area contributed by atoms with Gasteiger partial charge in [0, 0.05) is 24.8 Å². The van der Waals surface area contributed by atoms with Crippen molar-refractivity contribution in [1.29, 1.82) is 0 Å². The van der Waals surface area contributed by atoms with Crippen LogP contribution in [0, 0.1) is 5.92 Å². The Morgan fingerprint density at radius 3 is 2.89 bits per heavy atom. The van der Waals surface area contributed by atoms with Crippen molar-refractivity contribution in [3.8, 4) is 5.75 Å². The van der Waals surface area contributed by atoms with Crippen LogP contribution in [0.15, 0.2) is 24.3 Å². The van der Waals surface area contributed by atoms with Crippen LogP contribution in [0.2, 0.25) is 0 Å². The molecular formula is C15H23NO2. The summed E-state index contributed by atoms with van der Waals surface area (Å²) in [5, 5.41) is 9.88. The highest BCUT2D eigenvalue weighted by atomic mass is 16.5. The van der Waals surface area contributed by atoms with E-state index in [1.54, 1.807) is 6.07 Å². The highest BCUT2D eigenvalue weighted by Gasteiger charge is 2.20. The number of ether oxygens (including phenoxy) is 1. The van der Waals surface area contributed by atoms with Gasteiger partial charge in [-0.25, -0.2) is 0 Å². The van der Waals surface area contributed by atoms with Crippen LogP contribution in [0.4, 0.5) is 0 Å². The SMILES string of the molecule is CC(c1ccccc1O)N(C)CC1CCCOC1. The van der Waals surface area contributed by atoms with Crippen molar-refractivity contribution in [3.05, 3.63) is 29.8 Å². The molecular weight excluding hydrogens is 226 g/mol. The maximum Gasteiger partial charge on any atom is 0.120 e. The summed E-state index contributed by atoms with van der Waals surface area (Å²) < 4.78 is 5.52. The van der Waals surface area contributed by atoms with Crippen molar-refractivity contribution in [2.75, 3.05) is 26.8 Å². The fraction of sp³-hybridized carbons (Fsp3) is 0.600. The number of hydrogen-bond acceptors (Lipinski definition) is 3. The number of aromatic hydroxyl groups is 1. The number of rotatable bonds is 4. The highest BCUT2D eigenvalue weighted by molar-refractivity contribution is 5.34.